The van der Waals surface area contributed by atoms with Crippen molar-refractivity contribution in [1.29, 1.82) is 0 Å². The van der Waals surface area contributed by atoms with E-state index in [0.29, 0.717) is 11.6 Å². The van der Waals surface area contributed by atoms with Crippen LogP contribution < -0.4 is 4.90 Å². The van der Waals surface area contributed by atoms with Gasteiger partial charge in [0.15, 0.2) is 0 Å². The third-order valence-electron chi connectivity index (χ3n) is 4.73. The Kier molecular flexibility index (Phi) is 4.45. The standard InChI is InChI=1S/C19H21N3OS/c23-12-16-7-8-20-19(21-16)22-9-3-4-14(11-22)10-15-13-24-18-6-2-1-5-17(15)18/h1-2,5-8,13-14,23H,3-4,9-12H2. The summed E-state index contributed by atoms with van der Waals surface area (Å²) in [5.41, 5.74) is 2.15. The topological polar surface area (TPSA) is 49.3 Å². The van der Waals surface area contributed by atoms with E-state index < -0.39 is 0 Å². The van der Waals surface area contributed by atoms with Gasteiger partial charge in [0.25, 0.3) is 0 Å². The first-order chi connectivity index (χ1) is 11.8. The largest absolute Gasteiger partial charge is 0.390 e. The zero-order valence-electron chi connectivity index (χ0n) is 13.6. The second-order valence-corrected chi connectivity index (χ2v) is 7.33. The van der Waals surface area contributed by atoms with Gasteiger partial charge in [-0.2, -0.15) is 0 Å². The van der Waals surface area contributed by atoms with Gasteiger partial charge in [0.05, 0.1) is 12.3 Å². The lowest BCUT2D eigenvalue weighted by molar-refractivity contribution is 0.276. The van der Waals surface area contributed by atoms with Crippen LogP contribution in [0.1, 0.15) is 24.1 Å². The average molecular weight is 339 g/mol. The molecule has 0 radical (unpaired) electrons. The monoisotopic (exact) mass is 339 g/mol. The molecule has 0 aliphatic carbocycles. The van der Waals surface area contributed by atoms with E-state index in [1.54, 1.807) is 12.3 Å². The number of benzene rings is 1. The van der Waals surface area contributed by atoms with E-state index in [1.165, 1.54) is 28.5 Å². The summed E-state index contributed by atoms with van der Waals surface area (Å²) in [6, 6.07) is 10.4. The molecule has 3 aromatic rings. The highest BCUT2D eigenvalue weighted by atomic mass is 32.1. The van der Waals surface area contributed by atoms with E-state index in [0.717, 1.165) is 25.5 Å². The van der Waals surface area contributed by atoms with E-state index >= 15 is 0 Å². The Morgan fingerprint density at radius 1 is 1.25 bits per heavy atom. The van der Waals surface area contributed by atoms with Crippen LogP contribution in [0.5, 0.6) is 0 Å². The fourth-order valence-electron chi connectivity index (χ4n) is 3.54. The molecule has 0 amide bonds. The zero-order chi connectivity index (χ0) is 16.4. The van der Waals surface area contributed by atoms with E-state index in [9.17, 15) is 5.11 Å². The fourth-order valence-corrected chi connectivity index (χ4v) is 4.52. The van der Waals surface area contributed by atoms with Gasteiger partial charge in [0, 0.05) is 24.0 Å². The lowest BCUT2D eigenvalue weighted by Crippen LogP contribution is -2.37. The SMILES string of the molecule is OCc1ccnc(N2CCCC(Cc3csc4ccccc34)C2)n1. The van der Waals surface area contributed by atoms with Crippen LogP contribution in [0.2, 0.25) is 0 Å². The summed E-state index contributed by atoms with van der Waals surface area (Å²) in [7, 11) is 0. The summed E-state index contributed by atoms with van der Waals surface area (Å²) in [4.78, 5) is 11.1. The number of anilines is 1. The fraction of sp³-hybridized carbons (Fsp3) is 0.368. The minimum absolute atomic E-state index is 0.0340. The van der Waals surface area contributed by atoms with Crippen molar-refractivity contribution in [2.24, 2.45) is 5.92 Å². The first kappa shape index (κ1) is 15.5. The van der Waals surface area contributed by atoms with Gasteiger partial charge in [-0.25, -0.2) is 9.97 Å². The molecule has 1 saturated heterocycles. The van der Waals surface area contributed by atoms with Crippen molar-refractivity contribution in [2.45, 2.75) is 25.9 Å². The van der Waals surface area contributed by atoms with Crippen molar-refractivity contribution in [3.8, 4) is 0 Å². The van der Waals surface area contributed by atoms with Crippen LogP contribution in [0.25, 0.3) is 10.1 Å². The predicted molar refractivity (Wildman–Crippen MR) is 98.4 cm³/mol. The number of aromatic nitrogens is 2. The predicted octanol–water partition coefficient (Wildman–Crippen LogP) is 3.64. The molecule has 24 heavy (non-hydrogen) atoms. The van der Waals surface area contributed by atoms with Gasteiger partial charge in [-0.15, -0.1) is 11.3 Å². The van der Waals surface area contributed by atoms with Crippen molar-refractivity contribution < 1.29 is 5.11 Å². The van der Waals surface area contributed by atoms with Gasteiger partial charge in [0.1, 0.15) is 0 Å². The molecule has 5 heteroatoms. The highest BCUT2D eigenvalue weighted by Crippen LogP contribution is 2.30. The maximum Gasteiger partial charge on any atom is 0.225 e. The van der Waals surface area contributed by atoms with Gasteiger partial charge in [-0.3, -0.25) is 0 Å². The number of thiophene rings is 1. The molecule has 1 aromatic carbocycles. The Morgan fingerprint density at radius 2 is 2.17 bits per heavy atom. The molecule has 1 aliphatic heterocycles. The molecule has 3 heterocycles. The quantitative estimate of drug-likeness (QED) is 0.788. The summed E-state index contributed by atoms with van der Waals surface area (Å²) in [6.07, 6.45) is 5.27. The van der Waals surface area contributed by atoms with Gasteiger partial charge in [-0.05, 0) is 53.6 Å². The van der Waals surface area contributed by atoms with E-state index in [1.807, 2.05) is 11.3 Å². The number of hydrogen-bond acceptors (Lipinski definition) is 5. The number of nitrogens with zero attached hydrogens (tertiary/aromatic N) is 3. The molecule has 0 bridgehead atoms. The van der Waals surface area contributed by atoms with Crippen LogP contribution in [0.15, 0.2) is 41.9 Å². The lowest BCUT2D eigenvalue weighted by atomic mass is 9.91. The summed E-state index contributed by atoms with van der Waals surface area (Å²) < 4.78 is 1.37. The van der Waals surface area contributed by atoms with Crippen LogP contribution in [0.3, 0.4) is 0 Å². The van der Waals surface area contributed by atoms with Crippen LogP contribution in [-0.4, -0.2) is 28.2 Å². The van der Waals surface area contributed by atoms with Crippen molar-refractivity contribution in [2.75, 3.05) is 18.0 Å². The summed E-state index contributed by atoms with van der Waals surface area (Å²) in [5, 5.41) is 13.0. The minimum Gasteiger partial charge on any atom is -0.390 e. The lowest BCUT2D eigenvalue weighted by Gasteiger charge is -2.33. The van der Waals surface area contributed by atoms with Gasteiger partial charge < -0.3 is 10.0 Å². The summed E-state index contributed by atoms with van der Waals surface area (Å²) in [6.45, 7) is 1.95. The van der Waals surface area contributed by atoms with Gasteiger partial charge in [0.2, 0.25) is 5.95 Å². The van der Waals surface area contributed by atoms with Crippen LogP contribution in [-0.2, 0) is 13.0 Å². The Bertz CT molecular complexity index is 832. The van der Waals surface area contributed by atoms with E-state index in [-0.39, 0.29) is 6.61 Å². The number of fused-ring (bicyclic) bond motifs is 1. The van der Waals surface area contributed by atoms with Crippen LogP contribution >= 0.6 is 11.3 Å². The maximum atomic E-state index is 9.28. The van der Waals surface area contributed by atoms with E-state index in [2.05, 4.69) is 44.5 Å². The molecule has 2 aromatic heterocycles. The number of aliphatic hydroxyl groups excluding tert-OH is 1. The molecule has 0 spiro atoms. The van der Waals surface area contributed by atoms with Crippen molar-refractivity contribution >= 4 is 27.4 Å². The molecule has 1 atom stereocenters. The first-order valence-corrected chi connectivity index (χ1v) is 9.34. The summed E-state index contributed by atoms with van der Waals surface area (Å²) in [5.74, 6) is 1.37. The van der Waals surface area contributed by atoms with Crippen LogP contribution in [0, 0.1) is 5.92 Å². The Labute approximate surface area is 145 Å². The van der Waals surface area contributed by atoms with E-state index in [4.69, 9.17) is 0 Å². The average Bonchev–Trinajstić information content (AvgIpc) is 3.05. The minimum atomic E-state index is -0.0340. The first-order valence-electron chi connectivity index (χ1n) is 8.46. The molecule has 1 N–H and O–H groups in total. The Balaban J connectivity index is 1.50. The molecular formula is C19H21N3OS. The smallest absolute Gasteiger partial charge is 0.225 e. The van der Waals surface area contributed by atoms with Crippen LogP contribution in [0.4, 0.5) is 5.95 Å². The van der Waals surface area contributed by atoms with Gasteiger partial charge >= 0.3 is 0 Å². The second-order valence-electron chi connectivity index (χ2n) is 6.42. The molecule has 0 saturated carbocycles. The molecule has 4 rings (SSSR count). The molecule has 1 fully saturated rings. The Hall–Kier alpha value is -1.98. The molecule has 1 aliphatic rings. The highest BCUT2D eigenvalue weighted by Gasteiger charge is 2.23. The van der Waals surface area contributed by atoms with Gasteiger partial charge in [-0.1, -0.05) is 18.2 Å². The molecule has 1 unspecified atom stereocenters. The van der Waals surface area contributed by atoms with Crippen molar-refractivity contribution in [3.63, 3.8) is 0 Å². The molecule has 4 nitrogen and oxygen atoms in total. The maximum absolute atomic E-state index is 9.28. The Morgan fingerprint density at radius 3 is 3.08 bits per heavy atom. The number of piperidine rings is 1. The third kappa shape index (κ3) is 3.14. The highest BCUT2D eigenvalue weighted by molar-refractivity contribution is 7.17. The third-order valence-corrected chi connectivity index (χ3v) is 5.75. The number of rotatable bonds is 4. The zero-order valence-corrected chi connectivity index (χ0v) is 14.4. The normalized spacial score (nSPS) is 18.2. The molecular weight excluding hydrogens is 318 g/mol. The molecule has 124 valence electrons. The second kappa shape index (κ2) is 6.87. The van der Waals surface area contributed by atoms with Crippen molar-refractivity contribution in [3.05, 3.63) is 53.2 Å². The number of hydrogen-bond donors (Lipinski definition) is 1. The summed E-state index contributed by atoms with van der Waals surface area (Å²) >= 11 is 1.84. The number of aliphatic hydroxyl groups is 1. The van der Waals surface area contributed by atoms with Crippen molar-refractivity contribution in [1.82, 2.24) is 9.97 Å².